The van der Waals surface area contributed by atoms with E-state index in [0.717, 1.165) is 17.7 Å². The molecule has 1 aliphatic heterocycles. The molecule has 4 amide bonds. The van der Waals surface area contributed by atoms with Gasteiger partial charge in [0, 0.05) is 18.0 Å². The van der Waals surface area contributed by atoms with E-state index in [1.807, 2.05) is 19.9 Å². The molecule has 1 atom stereocenters. The first-order valence-electron chi connectivity index (χ1n) is 11.0. The second-order valence-electron chi connectivity index (χ2n) is 9.07. The standard InChI is InChI=1S/C22H28N6O4/c1-13(2)17(19-25-18(27-32-19)15-5-4-10-23-11-15)24-16(29)12-28-20(30)22(26-21(28)31)8-6-14(3)7-9-22/h4-5,10-11,13-14,17H,6-9,12H2,1-3H3,(H,24,29)(H,26,31)/t14?,17-,22?/m1/s1. The SMILES string of the molecule is CC1CCC2(CC1)NC(=O)N(CC(=O)N[C@@H](c1nc(-c3cccnc3)no1)C(C)C)C2=O. The van der Waals surface area contributed by atoms with E-state index in [1.54, 1.807) is 18.5 Å². The van der Waals surface area contributed by atoms with Gasteiger partial charge in [0.25, 0.3) is 5.91 Å². The number of pyridine rings is 1. The number of urea groups is 1. The molecule has 0 unspecified atom stereocenters. The van der Waals surface area contributed by atoms with Crippen molar-refractivity contribution in [3.63, 3.8) is 0 Å². The third-order valence-electron chi connectivity index (χ3n) is 6.29. The third-order valence-corrected chi connectivity index (χ3v) is 6.29. The summed E-state index contributed by atoms with van der Waals surface area (Å²) in [4.78, 5) is 47.7. The van der Waals surface area contributed by atoms with Gasteiger partial charge in [0.1, 0.15) is 18.1 Å². The van der Waals surface area contributed by atoms with Crippen molar-refractivity contribution in [1.29, 1.82) is 0 Å². The Balaban J connectivity index is 1.44. The Hall–Kier alpha value is -3.30. The zero-order valence-electron chi connectivity index (χ0n) is 18.5. The molecule has 1 saturated carbocycles. The van der Waals surface area contributed by atoms with Gasteiger partial charge in [-0.3, -0.25) is 19.5 Å². The van der Waals surface area contributed by atoms with Crippen LogP contribution in [0.3, 0.4) is 0 Å². The molecular weight excluding hydrogens is 412 g/mol. The van der Waals surface area contributed by atoms with E-state index in [2.05, 4.69) is 32.7 Å². The molecule has 10 heteroatoms. The van der Waals surface area contributed by atoms with Crippen LogP contribution in [0.1, 0.15) is 58.4 Å². The van der Waals surface area contributed by atoms with Crippen molar-refractivity contribution < 1.29 is 18.9 Å². The van der Waals surface area contributed by atoms with E-state index < -0.39 is 23.5 Å². The van der Waals surface area contributed by atoms with Crippen molar-refractivity contribution in [2.75, 3.05) is 6.54 Å². The highest BCUT2D eigenvalue weighted by Gasteiger charge is 2.52. The number of nitrogens with zero attached hydrogens (tertiary/aromatic N) is 4. The molecule has 170 valence electrons. The summed E-state index contributed by atoms with van der Waals surface area (Å²) in [5.74, 6) is 0.311. The predicted molar refractivity (Wildman–Crippen MR) is 114 cm³/mol. The Kier molecular flexibility index (Phi) is 5.94. The average Bonchev–Trinajstić information content (AvgIpc) is 3.34. The Bertz CT molecular complexity index is 997. The number of rotatable bonds is 6. The van der Waals surface area contributed by atoms with Crippen molar-refractivity contribution in [2.24, 2.45) is 11.8 Å². The van der Waals surface area contributed by atoms with Gasteiger partial charge >= 0.3 is 6.03 Å². The van der Waals surface area contributed by atoms with Crippen LogP contribution >= 0.6 is 0 Å². The normalized spacial score (nSPS) is 24.1. The molecule has 2 aliphatic rings. The summed E-state index contributed by atoms with van der Waals surface area (Å²) in [5, 5.41) is 9.66. The van der Waals surface area contributed by atoms with Crippen LogP contribution in [-0.2, 0) is 9.59 Å². The van der Waals surface area contributed by atoms with Gasteiger partial charge in [-0.05, 0) is 49.7 Å². The third kappa shape index (κ3) is 4.21. The van der Waals surface area contributed by atoms with E-state index >= 15 is 0 Å². The van der Waals surface area contributed by atoms with Crippen molar-refractivity contribution in [3.8, 4) is 11.4 Å². The molecule has 1 aliphatic carbocycles. The molecule has 2 N–H and O–H groups in total. The van der Waals surface area contributed by atoms with E-state index in [9.17, 15) is 14.4 Å². The molecule has 2 aromatic heterocycles. The molecule has 1 saturated heterocycles. The maximum atomic E-state index is 13.0. The van der Waals surface area contributed by atoms with Gasteiger partial charge in [0.15, 0.2) is 0 Å². The van der Waals surface area contributed by atoms with Gasteiger partial charge < -0.3 is 15.2 Å². The number of nitrogens with one attached hydrogen (secondary N) is 2. The van der Waals surface area contributed by atoms with Crippen LogP contribution in [0.4, 0.5) is 4.79 Å². The van der Waals surface area contributed by atoms with Crippen LogP contribution in [0.15, 0.2) is 29.0 Å². The zero-order chi connectivity index (χ0) is 22.9. The topological polar surface area (TPSA) is 130 Å². The van der Waals surface area contributed by atoms with E-state index in [-0.39, 0.29) is 24.3 Å². The van der Waals surface area contributed by atoms with Crippen molar-refractivity contribution in [1.82, 2.24) is 30.7 Å². The lowest BCUT2D eigenvalue weighted by molar-refractivity contribution is -0.136. The van der Waals surface area contributed by atoms with Crippen LogP contribution in [0, 0.1) is 11.8 Å². The van der Waals surface area contributed by atoms with Gasteiger partial charge in [0.2, 0.25) is 17.6 Å². The quantitative estimate of drug-likeness (QED) is 0.660. The molecule has 0 aromatic carbocycles. The van der Waals surface area contributed by atoms with Crippen LogP contribution in [0.5, 0.6) is 0 Å². The summed E-state index contributed by atoms with van der Waals surface area (Å²) in [6, 6.07) is 2.50. The summed E-state index contributed by atoms with van der Waals surface area (Å²) in [5.41, 5.74) is -0.172. The minimum Gasteiger partial charge on any atom is -0.342 e. The van der Waals surface area contributed by atoms with Crippen LogP contribution in [-0.4, -0.2) is 50.0 Å². The molecule has 2 aromatic rings. The first kappa shape index (κ1) is 21.9. The van der Waals surface area contributed by atoms with Gasteiger partial charge in [-0.15, -0.1) is 0 Å². The van der Waals surface area contributed by atoms with Gasteiger partial charge in [-0.25, -0.2) is 4.79 Å². The number of amides is 4. The molecule has 4 rings (SSSR count). The molecule has 2 fully saturated rings. The summed E-state index contributed by atoms with van der Waals surface area (Å²) >= 11 is 0. The Labute approximate surface area is 186 Å². The van der Waals surface area contributed by atoms with Crippen LogP contribution < -0.4 is 10.6 Å². The lowest BCUT2D eigenvalue weighted by Crippen LogP contribution is -2.50. The lowest BCUT2D eigenvalue weighted by atomic mass is 9.77. The van der Waals surface area contributed by atoms with E-state index in [1.165, 1.54) is 0 Å². The number of hydrogen-bond donors (Lipinski definition) is 2. The second-order valence-corrected chi connectivity index (χ2v) is 9.07. The number of carbonyl (C=O) groups excluding carboxylic acids is 3. The second kappa shape index (κ2) is 8.68. The van der Waals surface area contributed by atoms with Crippen molar-refractivity contribution >= 4 is 17.8 Å². The molecule has 10 nitrogen and oxygen atoms in total. The Morgan fingerprint density at radius 2 is 2.09 bits per heavy atom. The molecule has 32 heavy (non-hydrogen) atoms. The van der Waals surface area contributed by atoms with Gasteiger partial charge in [-0.1, -0.05) is 25.9 Å². The first-order chi connectivity index (χ1) is 15.3. The van der Waals surface area contributed by atoms with E-state index in [0.29, 0.717) is 30.1 Å². The number of carbonyl (C=O) groups is 3. The highest BCUT2D eigenvalue weighted by Crippen LogP contribution is 2.36. The first-order valence-corrected chi connectivity index (χ1v) is 11.0. The summed E-state index contributed by atoms with van der Waals surface area (Å²) < 4.78 is 5.39. The van der Waals surface area contributed by atoms with Gasteiger partial charge in [0.05, 0.1) is 0 Å². The predicted octanol–water partition coefficient (Wildman–Crippen LogP) is 2.45. The maximum Gasteiger partial charge on any atom is 0.325 e. The summed E-state index contributed by atoms with van der Waals surface area (Å²) in [7, 11) is 0. The smallest absolute Gasteiger partial charge is 0.325 e. The van der Waals surface area contributed by atoms with E-state index in [4.69, 9.17) is 4.52 Å². The van der Waals surface area contributed by atoms with Crippen molar-refractivity contribution in [3.05, 3.63) is 30.4 Å². The van der Waals surface area contributed by atoms with Gasteiger partial charge in [-0.2, -0.15) is 4.98 Å². The molecule has 3 heterocycles. The molecule has 0 bridgehead atoms. The largest absolute Gasteiger partial charge is 0.342 e. The number of hydrogen-bond acceptors (Lipinski definition) is 7. The molecular formula is C22H28N6O4. The Morgan fingerprint density at radius 3 is 2.75 bits per heavy atom. The summed E-state index contributed by atoms with van der Waals surface area (Å²) in [6.45, 7) is 5.60. The number of imide groups is 1. The lowest BCUT2D eigenvalue weighted by Gasteiger charge is -2.33. The zero-order valence-corrected chi connectivity index (χ0v) is 18.5. The monoisotopic (exact) mass is 440 g/mol. The molecule has 1 spiro atoms. The van der Waals surface area contributed by atoms with Crippen molar-refractivity contribution in [2.45, 2.75) is 58.0 Å². The maximum absolute atomic E-state index is 13.0. The number of aromatic nitrogens is 3. The summed E-state index contributed by atoms with van der Waals surface area (Å²) in [6.07, 6.45) is 6.22. The minimum absolute atomic E-state index is 0.0598. The molecule has 0 radical (unpaired) electrons. The minimum atomic E-state index is -0.869. The highest BCUT2D eigenvalue weighted by molar-refractivity contribution is 6.09. The van der Waals surface area contributed by atoms with Crippen LogP contribution in [0.2, 0.25) is 0 Å². The fourth-order valence-corrected chi connectivity index (χ4v) is 4.26. The highest BCUT2D eigenvalue weighted by atomic mass is 16.5. The fourth-order valence-electron chi connectivity index (χ4n) is 4.26. The fraction of sp³-hybridized carbons (Fsp3) is 0.545. The Morgan fingerprint density at radius 1 is 1.34 bits per heavy atom. The average molecular weight is 441 g/mol. The van der Waals surface area contributed by atoms with Crippen LogP contribution in [0.25, 0.3) is 11.4 Å².